The van der Waals surface area contributed by atoms with Crippen molar-refractivity contribution in [3.8, 4) is 11.3 Å². The Labute approximate surface area is 148 Å². The molecule has 0 saturated carbocycles. The Balaban J connectivity index is 1.41. The highest BCUT2D eigenvalue weighted by Crippen LogP contribution is 2.33. The molecule has 1 aliphatic rings. The second kappa shape index (κ2) is 6.78. The predicted molar refractivity (Wildman–Crippen MR) is 95.3 cm³/mol. The summed E-state index contributed by atoms with van der Waals surface area (Å²) < 4.78 is 7.94. The van der Waals surface area contributed by atoms with Gasteiger partial charge in [0.25, 0.3) is 5.91 Å². The van der Waals surface area contributed by atoms with Crippen LogP contribution in [0.2, 0.25) is 0 Å². The van der Waals surface area contributed by atoms with Crippen LogP contribution in [-0.2, 0) is 0 Å². The Morgan fingerprint density at radius 1 is 1.17 bits per heavy atom. The van der Waals surface area contributed by atoms with E-state index in [0.717, 1.165) is 48.9 Å². The lowest BCUT2D eigenvalue weighted by atomic mass is 9.97. The third-order valence-corrected chi connectivity index (χ3v) is 5.79. The number of thiazole rings is 1. The van der Waals surface area contributed by atoms with Crippen LogP contribution in [0.25, 0.3) is 11.3 Å². The molecule has 0 bridgehead atoms. The van der Waals surface area contributed by atoms with Crippen LogP contribution in [0.15, 0.2) is 41.9 Å². The lowest BCUT2D eigenvalue weighted by Crippen LogP contribution is -2.38. The fraction of sp³-hybridized carbons (Fsp3) is 0.294. The van der Waals surface area contributed by atoms with E-state index >= 15 is 0 Å². The van der Waals surface area contributed by atoms with Crippen molar-refractivity contribution in [2.45, 2.75) is 18.8 Å². The van der Waals surface area contributed by atoms with Gasteiger partial charge in [-0.1, -0.05) is 30.3 Å². The summed E-state index contributed by atoms with van der Waals surface area (Å²) in [6.07, 6.45) is 3.45. The van der Waals surface area contributed by atoms with Gasteiger partial charge < -0.3 is 4.90 Å². The van der Waals surface area contributed by atoms with Crippen molar-refractivity contribution in [2.75, 3.05) is 13.1 Å². The maximum absolute atomic E-state index is 12.3. The van der Waals surface area contributed by atoms with E-state index in [1.165, 1.54) is 5.01 Å². The predicted octanol–water partition coefficient (Wildman–Crippen LogP) is 3.68. The van der Waals surface area contributed by atoms with Crippen LogP contribution in [-0.4, -0.2) is 37.6 Å². The molecule has 4 rings (SSSR count). The van der Waals surface area contributed by atoms with Gasteiger partial charge in [0, 0.05) is 30.0 Å². The molecule has 0 aliphatic carbocycles. The number of carbonyl (C=O) groups excluding carboxylic acids is 1. The zero-order chi connectivity index (χ0) is 16.4. The van der Waals surface area contributed by atoms with Crippen molar-refractivity contribution in [2.24, 2.45) is 0 Å². The van der Waals surface area contributed by atoms with E-state index in [1.54, 1.807) is 17.5 Å². The Kier molecular flexibility index (Phi) is 4.36. The second-order valence-electron chi connectivity index (χ2n) is 5.80. The van der Waals surface area contributed by atoms with E-state index in [9.17, 15) is 4.79 Å². The number of likely N-dealkylation sites (tertiary alicyclic amines) is 1. The smallest absolute Gasteiger partial charge is 0.275 e. The zero-order valence-electron chi connectivity index (χ0n) is 13.0. The van der Waals surface area contributed by atoms with Crippen molar-refractivity contribution >= 4 is 29.0 Å². The highest BCUT2D eigenvalue weighted by Gasteiger charge is 2.27. The van der Waals surface area contributed by atoms with Crippen LogP contribution in [0.4, 0.5) is 0 Å². The van der Waals surface area contributed by atoms with Gasteiger partial charge in [-0.25, -0.2) is 4.98 Å². The Bertz CT molecular complexity index is 808. The van der Waals surface area contributed by atoms with Gasteiger partial charge in [0.15, 0.2) is 5.69 Å². The molecule has 1 aliphatic heterocycles. The molecule has 0 radical (unpaired) electrons. The average molecular weight is 356 g/mol. The van der Waals surface area contributed by atoms with Crippen LogP contribution >= 0.6 is 23.1 Å². The first-order valence-corrected chi connectivity index (χ1v) is 9.50. The minimum absolute atomic E-state index is 0.00804. The van der Waals surface area contributed by atoms with E-state index in [2.05, 4.69) is 26.3 Å². The average Bonchev–Trinajstić information content (AvgIpc) is 3.34. The maximum Gasteiger partial charge on any atom is 0.275 e. The minimum Gasteiger partial charge on any atom is -0.337 e. The summed E-state index contributed by atoms with van der Waals surface area (Å²) in [5, 5.41) is 3.31. The molecular formula is C17H16N4OS2. The second-order valence-corrected chi connectivity index (χ2v) is 7.24. The summed E-state index contributed by atoms with van der Waals surface area (Å²) >= 11 is 2.80. The Morgan fingerprint density at radius 2 is 1.96 bits per heavy atom. The van der Waals surface area contributed by atoms with E-state index in [1.807, 2.05) is 23.1 Å². The van der Waals surface area contributed by atoms with E-state index < -0.39 is 0 Å². The van der Waals surface area contributed by atoms with Gasteiger partial charge in [-0.2, -0.15) is 8.75 Å². The fourth-order valence-electron chi connectivity index (χ4n) is 2.97. The van der Waals surface area contributed by atoms with E-state index in [0.29, 0.717) is 11.6 Å². The topological polar surface area (TPSA) is 59.0 Å². The molecule has 5 nitrogen and oxygen atoms in total. The van der Waals surface area contributed by atoms with Crippen LogP contribution in [0, 0.1) is 0 Å². The number of amides is 1. The van der Waals surface area contributed by atoms with E-state index in [4.69, 9.17) is 4.98 Å². The third-order valence-electron chi connectivity index (χ3n) is 4.30. The number of nitrogens with zero attached hydrogens (tertiary/aromatic N) is 4. The molecule has 24 heavy (non-hydrogen) atoms. The number of hydrogen-bond donors (Lipinski definition) is 0. The summed E-state index contributed by atoms with van der Waals surface area (Å²) in [6, 6.07) is 10.3. The lowest BCUT2D eigenvalue weighted by molar-refractivity contribution is 0.0708. The van der Waals surface area contributed by atoms with Crippen molar-refractivity contribution in [1.82, 2.24) is 18.6 Å². The van der Waals surface area contributed by atoms with Crippen molar-refractivity contribution < 1.29 is 4.79 Å². The zero-order valence-corrected chi connectivity index (χ0v) is 14.6. The molecule has 1 fully saturated rings. The van der Waals surface area contributed by atoms with Gasteiger partial charge in [-0.15, -0.1) is 11.3 Å². The van der Waals surface area contributed by atoms with Crippen LogP contribution < -0.4 is 0 Å². The van der Waals surface area contributed by atoms with Gasteiger partial charge >= 0.3 is 0 Å². The van der Waals surface area contributed by atoms with Crippen LogP contribution in [0.1, 0.15) is 34.3 Å². The molecule has 122 valence electrons. The van der Waals surface area contributed by atoms with E-state index in [-0.39, 0.29) is 5.91 Å². The van der Waals surface area contributed by atoms with Gasteiger partial charge in [0.2, 0.25) is 0 Å². The van der Waals surface area contributed by atoms with Gasteiger partial charge in [0.05, 0.1) is 28.6 Å². The summed E-state index contributed by atoms with van der Waals surface area (Å²) in [5.74, 6) is 0.427. The number of aromatic nitrogens is 3. The molecule has 1 saturated heterocycles. The Morgan fingerprint density at radius 3 is 2.67 bits per heavy atom. The SMILES string of the molecule is O=C(c1cnsn1)N1CCC(c2nc(-c3ccccc3)cs2)CC1. The van der Waals surface area contributed by atoms with Crippen LogP contribution in [0.3, 0.4) is 0 Å². The summed E-state index contributed by atoms with van der Waals surface area (Å²) in [7, 11) is 0. The first-order chi connectivity index (χ1) is 11.8. The summed E-state index contributed by atoms with van der Waals surface area (Å²) in [6.45, 7) is 1.50. The molecule has 0 N–H and O–H groups in total. The standard InChI is InChI=1S/C17H16N4OS2/c22-17(14-10-18-24-20-14)21-8-6-13(7-9-21)16-19-15(11-23-16)12-4-2-1-3-5-12/h1-5,10-11,13H,6-9H2. The van der Waals surface area contributed by atoms with Crippen molar-refractivity contribution in [1.29, 1.82) is 0 Å². The number of carbonyl (C=O) groups is 1. The molecular weight excluding hydrogens is 340 g/mol. The molecule has 1 aromatic carbocycles. The largest absolute Gasteiger partial charge is 0.337 e. The Hall–Kier alpha value is -2.12. The number of piperidine rings is 1. The summed E-state index contributed by atoms with van der Waals surface area (Å²) in [5.41, 5.74) is 2.66. The van der Waals surface area contributed by atoms with Gasteiger partial charge in [-0.05, 0) is 12.8 Å². The lowest BCUT2D eigenvalue weighted by Gasteiger charge is -2.30. The molecule has 1 amide bonds. The molecule has 3 heterocycles. The molecule has 0 unspecified atom stereocenters. The first kappa shape index (κ1) is 15.4. The molecule has 2 aromatic heterocycles. The van der Waals surface area contributed by atoms with Gasteiger partial charge in [-0.3, -0.25) is 4.79 Å². The molecule has 0 spiro atoms. The monoisotopic (exact) mass is 356 g/mol. The minimum atomic E-state index is -0.00804. The van der Waals surface area contributed by atoms with Crippen molar-refractivity contribution in [3.63, 3.8) is 0 Å². The fourth-order valence-corrected chi connectivity index (χ4v) is 4.37. The highest BCUT2D eigenvalue weighted by atomic mass is 32.1. The summed E-state index contributed by atoms with van der Waals surface area (Å²) in [4.78, 5) is 19.0. The highest BCUT2D eigenvalue weighted by molar-refractivity contribution is 7.10. The van der Waals surface area contributed by atoms with Crippen molar-refractivity contribution in [3.05, 3.63) is 52.6 Å². The normalized spacial score (nSPS) is 15.6. The number of benzene rings is 1. The number of hydrogen-bond acceptors (Lipinski definition) is 6. The molecule has 3 aromatic rings. The third kappa shape index (κ3) is 3.09. The van der Waals surface area contributed by atoms with Gasteiger partial charge in [0.1, 0.15) is 0 Å². The maximum atomic E-state index is 12.3. The van der Waals surface area contributed by atoms with Crippen LogP contribution in [0.5, 0.6) is 0 Å². The first-order valence-electron chi connectivity index (χ1n) is 7.89. The number of rotatable bonds is 3. The molecule has 7 heteroatoms. The quantitative estimate of drug-likeness (QED) is 0.718. The molecule has 0 atom stereocenters.